The van der Waals surface area contributed by atoms with E-state index in [2.05, 4.69) is 20.8 Å². The first-order chi connectivity index (χ1) is 12.7. The minimum Gasteiger partial charge on any atom is -0.350 e. The predicted octanol–water partition coefficient (Wildman–Crippen LogP) is 1.49. The molecule has 1 aromatic heterocycles. The van der Waals surface area contributed by atoms with E-state index < -0.39 is 0 Å². The van der Waals surface area contributed by atoms with Crippen molar-refractivity contribution in [2.75, 3.05) is 31.6 Å². The van der Waals surface area contributed by atoms with Gasteiger partial charge in [-0.1, -0.05) is 12.1 Å². The van der Waals surface area contributed by atoms with Crippen molar-refractivity contribution < 1.29 is 14.3 Å². The fourth-order valence-electron chi connectivity index (χ4n) is 3.48. The third-order valence-electron chi connectivity index (χ3n) is 4.77. The number of nitrogens with one attached hydrogen (secondary N) is 1. The number of amides is 2. The average molecular weight is 358 g/mol. The lowest BCUT2D eigenvalue weighted by Gasteiger charge is -2.34. The normalized spacial score (nSPS) is 21.1. The Morgan fingerprint density at radius 2 is 2.15 bits per heavy atom. The summed E-state index contributed by atoms with van der Waals surface area (Å²) in [5, 5.41) is 14.5. The lowest BCUT2D eigenvalue weighted by Crippen LogP contribution is -2.45. The third-order valence-corrected chi connectivity index (χ3v) is 4.77. The number of carbonyl (C=O) groups is 1. The molecule has 2 aromatic rings. The molecule has 3 heterocycles. The Labute approximate surface area is 151 Å². The molecule has 1 N–H and O–H groups in total. The number of aromatic nitrogens is 4. The van der Waals surface area contributed by atoms with Crippen LogP contribution in [0.2, 0.25) is 0 Å². The SMILES string of the molecule is Cn1nnnc1-c1cccc(NC(=O)N2CCCC(C3OCCO3)C2)c1. The number of tetrazole rings is 1. The van der Waals surface area contributed by atoms with Gasteiger partial charge in [0.05, 0.1) is 13.2 Å². The molecule has 2 saturated heterocycles. The minimum absolute atomic E-state index is 0.110. The maximum absolute atomic E-state index is 12.7. The molecule has 2 amide bonds. The van der Waals surface area contributed by atoms with E-state index in [1.54, 1.807) is 11.7 Å². The van der Waals surface area contributed by atoms with E-state index in [9.17, 15) is 4.79 Å². The van der Waals surface area contributed by atoms with Gasteiger partial charge >= 0.3 is 6.03 Å². The number of anilines is 1. The van der Waals surface area contributed by atoms with Crippen LogP contribution in [-0.2, 0) is 16.5 Å². The molecule has 26 heavy (non-hydrogen) atoms. The van der Waals surface area contributed by atoms with Gasteiger partial charge in [-0.15, -0.1) is 5.10 Å². The molecule has 1 aromatic carbocycles. The zero-order chi connectivity index (χ0) is 17.9. The molecule has 2 fully saturated rings. The summed E-state index contributed by atoms with van der Waals surface area (Å²) in [5.74, 6) is 0.878. The van der Waals surface area contributed by atoms with Crippen molar-refractivity contribution in [1.29, 1.82) is 0 Å². The lowest BCUT2D eigenvalue weighted by atomic mass is 9.98. The molecule has 0 radical (unpaired) electrons. The van der Waals surface area contributed by atoms with Crippen LogP contribution in [0.1, 0.15) is 12.8 Å². The largest absolute Gasteiger partial charge is 0.350 e. The maximum atomic E-state index is 12.7. The summed E-state index contributed by atoms with van der Waals surface area (Å²) in [4.78, 5) is 14.5. The second-order valence-electron chi connectivity index (χ2n) is 6.60. The summed E-state index contributed by atoms with van der Waals surface area (Å²) >= 11 is 0. The van der Waals surface area contributed by atoms with Gasteiger partial charge in [0.2, 0.25) is 0 Å². The standard InChI is InChI=1S/C17H22N6O3/c1-22-15(19-20-21-22)12-4-2-6-14(10-12)18-17(24)23-7-3-5-13(11-23)16-25-8-9-26-16/h2,4,6,10,13,16H,3,5,7-9,11H2,1H3,(H,18,24). The average Bonchev–Trinajstić information content (AvgIpc) is 3.34. The number of hydrogen-bond acceptors (Lipinski definition) is 6. The summed E-state index contributed by atoms with van der Waals surface area (Å²) < 4.78 is 12.8. The van der Waals surface area contributed by atoms with E-state index in [0.29, 0.717) is 31.3 Å². The van der Waals surface area contributed by atoms with Gasteiger partial charge in [-0.25, -0.2) is 9.48 Å². The number of ether oxygens (including phenoxy) is 2. The number of likely N-dealkylation sites (tertiary alicyclic amines) is 1. The summed E-state index contributed by atoms with van der Waals surface area (Å²) in [6.07, 6.45) is 1.78. The minimum atomic E-state index is -0.183. The molecule has 2 aliphatic heterocycles. The van der Waals surface area contributed by atoms with E-state index in [0.717, 1.165) is 24.9 Å². The fraction of sp³-hybridized carbons (Fsp3) is 0.529. The molecule has 9 heteroatoms. The number of carbonyl (C=O) groups excluding carboxylic acids is 1. The Hall–Kier alpha value is -2.52. The van der Waals surface area contributed by atoms with Gasteiger partial charge in [0.15, 0.2) is 12.1 Å². The number of rotatable bonds is 3. The molecule has 1 atom stereocenters. The van der Waals surface area contributed by atoms with Gasteiger partial charge in [-0.2, -0.15) is 0 Å². The smallest absolute Gasteiger partial charge is 0.321 e. The van der Waals surface area contributed by atoms with Crippen molar-refractivity contribution in [3.8, 4) is 11.4 Å². The molecule has 4 rings (SSSR count). The van der Waals surface area contributed by atoms with Crippen LogP contribution in [0, 0.1) is 5.92 Å². The first-order valence-electron chi connectivity index (χ1n) is 8.82. The van der Waals surface area contributed by atoms with Crippen LogP contribution < -0.4 is 5.32 Å². The zero-order valence-corrected chi connectivity index (χ0v) is 14.7. The molecule has 2 aliphatic rings. The topological polar surface area (TPSA) is 94.4 Å². The van der Waals surface area contributed by atoms with Crippen molar-refractivity contribution in [3.63, 3.8) is 0 Å². The van der Waals surface area contributed by atoms with E-state index in [-0.39, 0.29) is 18.2 Å². The fourth-order valence-corrected chi connectivity index (χ4v) is 3.48. The van der Waals surface area contributed by atoms with E-state index in [1.807, 2.05) is 29.2 Å². The van der Waals surface area contributed by atoms with Crippen LogP contribution in [0.3, 0.4) is 0 Å². The quantitative estimate of drug-likeness (QED) is 0.893. The molecule has 9 nitrogen and oxygen atoms in total. The maximum Gasteiger partial charge on any atom is 0.321 e. The van der Waals surface area contributed by atoms with Crippen LogP contribution >= 0.6 is 0 Å². The highest BCUT2D eigenvalue weighted by atomic mass is 16.7. The number of urea groups is 1. The van der Waals surface area contributed by atoms with Crippen molar-refractivity contribution in [3.05, 3.63) is 24.3 Å². The highest BCUT2D eigenvalue weighted by Crippen LogP contribution is 2.26. The van der Waals surface area contributed by atoms with Gasteiger partial charge in [-0.05, 0) is 35.4 Å². The van der Waals surface area contributed by atoms with Crippen LogP contribution in [-0.4, -0.2) is 63.7 Å². The van der Waals surface area contributed by atoms with E-state index in [4.69, 9.17) is 9.47 Å². The molecule has 0 spiro atoms. The molecule has 1 unspecified atom stereocenters. The Balaban J connectivity index is 1.42. The molecular weight excluding hydrogens is 336 g/mol. The van der Waals surface area contributed by atoms with Crippen molar-refractivity contribution in [1.82, 2.24) is 25.1 Å². The van der Waals surface area contributed by atoms with Gasteiger partial charge in [0.25, 0.3) is 0 Å². The lowest BCUT2D eigenvalue weighted by molar-refractivity contribution is -0.0959. The molecular formula is C17H22N6O3. The highest BCUT2D eigenvalue weighted by Gasteiger charge is 2.32. The van der Waals surface area contributed by atoms with Crippen LogP contribution in [0.4, 0.5) is 10.5 Å². The highest BCUT2D eigenvalue weighted by molar-refractivity contribution is 5.90. The first kappa shape index (κ1) is 16.9. The third kappa shape index (κ3) is 3.54. The van der Waals surface area contributed by atoms with Gasteiger partial charge in [0, 0.05) is 37.3 Å². The van der Waals surface area contributed by atoms with Crippen molar-refractivity contribution in [2.24, 2.45) is 13.0 Å². The summed E-state index contributed by atoms with van der Waals surface area (Å²) in [6, 6.07) is 7.40. The molecule has 0 aliphatic carbocycles. The van der Waals surface area contributed by atoms with E-state index in [1.165, 1.54) is 0 Å². The summed E-state index contributed by atoms with van der Waals surface area (Å²) in [6.45, 7) is 2.65. The first-order valence-corrected chi connectivity index (χ1v) is 8.82. The van der Waals surface area contributed by atoms with Crippen LogP contribution in [0.15, 0.2) is 24.3 Å². The number of benzene rings is 1. The van der Waals surface area contributed by atoms with Crippen molar-refractivity contribution >= 4 is 11.7 Å². The molecule has 0 bridgehead atoms. The Morgan fingerprint density at radius 1 is 1.31 bits per heavy atom. The van der Waals surface area contributed by atoms with Gasteiger partial charge in [0.1, 0.15) is 0 Å². The Morgan fingerprint density at radius 3 is 2.92 bits per heavy atom. The number of nitrogens with zero attached hydrogens (tertiary/aromatic N) is 5. The number of piperidine rings is 1. The number of hydrogen-bond donors (Lipinski definition) is 1. The second kappa shape index (κ2) is 7.38. The zero-order valence-electron chi connectivity index (χ0n) is 14.7. The van der Waals surface area contributed by atoms with Gasteiger partial charge < -0.3 is 19.7 Å². The van der Waals surface area contributed by atoms with Crippen LogP contribution in [0.25, 0.3) is 11.4 Å². The number of aryl methyl sites for hydroxylation is 1. The Bertz CT molecular complexity index is 773. The van der Waals surface area contributed by atoms with E-state index >= 15 is 0 Å². The predicted molar refractivity (Wildman–Crippen MR) is 93.2 cm³/mol. The molecule has 0 saturated carbocycles. The van der Waals surface area contributed by atoms with Crippen LogP contribution in [0.5, 0.6) is 0 Å². The Kier molecular flexibility index (Phi) is 4.81. The van der Waals surface area contributed by atoms with Gasteiger partial charge in [-0.3, -0.25) is 0 Å². The van der Waals surface area contributed by atoms with Crippen molar-refractivity contribution in [2.45, 2.75) is 19.1 Å². The molecule has 138 valence electrons. The summed E-state index contributed by atoms with van der Waals surface area (Å²) in [7, 11) is 1.78. The summed E-state index contributed by atoms with van der Waals surface area (Å²) in [5.41, 5.74) is 1.56. The second-order valence-corrected chi connectivity index (χ2v) is 6.60. The monoisotopic (exact) mass is 358 g/mol.